The van der Waals surface area contributed by atoms with E-state index in [0.29, 0.717) is 29.9 Å². The number of aromatic nitrogens is 2. The van der Waals surface area contributed by atoms with Gasteiger partial charge in [0.25, 0.3) is 5.91 Å². The summed E-state index contributed by atoms with van der Waals surface area (Å²) in [4.78, 5) is 32.4. The normalized spacial score (nSPS) is 19.9. The molecule has 1 aliphatic rings. The van der Waals surface area contributed by atoms with Crippen molar-refractivity contribution in [3.05, 3.63) is 47.8 Å². The first kappa shape index (κ1) is 16.1. The molecule has 124 valence electrons. The fourth-order valence-corrected chi connectivity index (χ4v) is 3.09. The second-order valence-electron chi connectivity index (χ2n) is 6.01. The third kappa shape index (κ3) is 3.27. The fraction of sp³-hybridized carbons (Fsp3) is 0.333. The highest BCUT2D eigenvalue weighted by atomic mass is 16.4. The minimum atomic E-state index is -0.856. The smallest absolute Gasteiger partial charge is 0.308 e. The van der Waals surface area contributed by atoms with Crippen molar-refractivity contribution in [2.45, 2.75) is 32.2 Å². The van der Waals surface area contributed by atoms with Crippen LogP contribution in [0, 0.1) is 12.8 Å². The molecule has 0 unspecified atom stereocenters. The van der Waals surface area contributed by atoms with Crippen LogP contribution in [0.25, 0.3) is 11.4 Å². The van der Waals surface area contributed by atoms with E-state index >= 15 is 0 Å². The minimum absolute atomic E-state index is 0.315. The molecular formula is C18H19N3O3. The molecule has 1 saturated carbocycles. The van der Waals surface area contributed by atoms with E-state index in [9.17, 15) is 14.7 Å². The van der Waals surface area contributed by atoms with Gasteiger partial charge in [-0.25, -0.2) is 9.97 Å². The molecule has 0 radical (unpaired) electrons. The van der Waals surface area contributed by atoms with E-state index in [2.05, 4.69) is 15.3 Å². The van der Waals surface area contributed by atoms with E-state index in [0.717, 1.165) is 12.0 Å². The van der Waals surface area contributed by atoms with Gasteiger partial charge in [0.15, 0.2) is 5.82 Å². The monoisotopic (exact) mass is 325 g/mol. The van der Waals surface area contributed by atoms with Crippen molar-refractivity contribution < 1.29 is 14.7 Å². The summed E-state index contributed by atoms with van der Waals surface area (Å²) < 4.78 is 0. The molecule has 1 fully saturated rings. The van der Waals surface area contributed by atoms with E-state index in [-0.39, 0.29) is 11.9 Å². The van der Waals surface area contributed by atoms with Crippen LogP contribution in [0.5, 0.6) is 0 Å². The van der Waals surface area contributed by atoms with Gasteiger partial charge in [-0.1, -0.05) is 36.8 Å². The number of hydrogen-bond donors (Lipinski definition) is 2. The number of nitrogens with one attached hydrogen (secondary N) is 1. The van der Waals surface area contributed by atoms with Gasteiger partial charge in [-0.05, 0) is 19.8 Å². The molecular weight excluding hydrogens is 306 g/mol. The van der Waals surface area contributed by atoms with Crippen molar-refractivity contribution in [3.8, 4) is 11.4 Å². The summed E-state index contributed by atoms with van der Waals surface area (Å²) in [5.41, 5.74) is 1.84. The Morgan fingerprint density at radius 3 is 2.62 bits per heavy atom. The van der Waals surface area contributed by atoms with E-state index < -0.39 is 11.9 Å². The van der Waals surface area contributed by atoms with Crippen LogP contribution < -0.4 is 5.32 Å². The van der Waals surface area contributed by atoms with Crippen molar-refractivity contribution in [2.24, 2.45) is 5.92 Å². The third-order valence-electron chi connectivity index (χ3n) is 4.41. The number of carbonyl (C=O) groups is 2. The zero-order valence-electron chi connectivity index (χ0n) is 13.4. The second kappa shape index (κ2) is 6.78. The van der Waals surface area contributed by atoms with Crippen LogP contribution in [0.4, 0.5) is 0 Å². The number of hydrogen-bond acceptors (Lipinski definition) is 4. The van der Waals surface area contributed by atoms with Crippen LogP contribution in [0.15, 0.2) is 36.5 Å². The average Bonchev–Trinajstić information content (AvgIpc) is 3.03. The molecule has 1 aromatic carbocycles. The lowest BCUT2D eigenvalue weighted by molar-refractivity contribution is -0.142. The number of aryl methyl sites for hydroxylation is 1. The zero-order valence-corrected chi connectivity index (χ0v) is 13.4. The molecule has 2 atom stereocenters. The molecule has 2 aromatic rings. The largest absolute Gasteiger partial charge is 0.481 e. The van der Waals surface area contributed by atoms with Crippen molar-refractivity contribution in [3.63, 3.8) is 0 Å². The van der Waals surface area contributed by atoms with Crippen LogP contribution in [-0.2, 0) is 4.79 Å². The molecule has 0 saturated heterocycles. The van der Waals surface area contributed by atoms with Crippen LogP contribution >= 0.6 is 0 Å². The van der Waals surface area contributed by atoms with Gasteiger partial charge in [0.05, 0.1) is 17.2 Å². The molecule has 0 bridgehead atoms. The van der Waals surface area contributed by atoms with Crippen LogP contribution in [0.3, 0.4) is 0 Å². The molecule has 24 heavy (non-hydrogen) atoms. The third-order valence-corrected chi connectivity index (χ3v) is 4.41. The van der Waals surface area contributed by atoms with Crippen molar-refractivity contribution in [1.82, 2.24) is 15.3 Å². The first-order valence-corrected chi connectivity index (χ1v) is 7.99. The van der Waals surface area contributed by atoms with Crippen molar-refractivity contribution in [2.75, 3.05) is 0 Å². The SMILES string of the molecule is Cc1nc(-c2ccccc2)ncc1C(=O)N[C@@H]1CCC[C@@H]1C(=O)O. The van der Waals surface area contributed by atoms with E-state index in [1.165, 1.54) is 6.20 Å². The molecule has 2 N–H and O–H groups in total. The highest BCUT2D eigenvalue weighted by molar-refractivity contribution is 5.95. The molecule has 1 aromatic heterocycles. The molecule has 6 nitrogen and oxygen atoms in total. The highest BCUT2D eigenvalue weighted by Gasteiger charge is 2.34. The summed E-state index contributed by atoms with van der Waals surface area (Å²) in [5, 5.41) is 12.0. The summed E-state index contributed by atoms with van der Waals surface area (Å²) in [6.07, 6.45) is 3.60. The maximum atomic E-state index is 12.5. The molecule has 0 aliphatic heterocycles. The van der Waals surface area contributed by atoms with Gasteiger partial charge in [-0.15, -0.1) is 0 Å². The molecule has 6 heteroatoms. The summed E-state index contributed by atoms with van der Waals surface area (Å²) >= 11 is 0. The summed E-state index contributed by atoms with van der Waals surface area (Å²) in [6, 6.07) is 9.21. The Morgan fingerprint density at radius 2 is 1.96 bits per heavy atom. The number of amides is 1. The summed E-state index contributed by atoms with van der Waals surface area (Å²) in [7, 11) is 0. The first-order chi connectivity index (χ1) is 11.6. The van der Waals surface area contributed by atoms with Crippen molar-refractivity contribution in [1.29, 1.82) is 0 Å². The Hall–Kier alpha value is -2.76. The number of nitrogens with zero attached hydrogens (tertiary/aromatic N) is 2. The zero-order chi connectivity index (χ0) is 17.1. The maximum absolute atomic E-state index is 12.5. The lowest BCUT2D eigenvalue weighted by atomic mass is 10.0. The molecule has 1 amide bonds. The van der Waals surface area contributed by atoms with Gasteiger partial charge >= 0.3 is 5.97 Å². The van der Waals surface area contributed by atoms with Gasteiger partial charge in [0.2, 0.25) is 0 Å². The van der Waals surface area contributed by atoms with Crippen molar-refractivity contribution >= 4 is 11.9 Å². The van der Waals surface area contributed by atoms with Gasteiger partial charge < -0.3 is 10.4 Å². The van der Waals surface area contributed by atoms with Crippen LogP contribution in [-0.4, -0.2) is 33.0 Å². The van der Waals surface area contributed by atoms with Gasteiger partial charge in [0, 0.05) is 17.8 Å². The Labute approximate surface area is 140 Å². The van der Waals surface area contributed by atoms with Crippen LogP contribution in [0.1, 0.15) is 35.3 Å². The Bertz CT molecular complexity index is 761. The van der Waals surface area contributed by atoms with E-state index in [1.807, 2.05) is 30.3 Å². The molecule has 3 rings (SSSR count). The number of carbonyl (C=O) groups excluding carboxylic acids is 1. The van der Waals surface area contributed by atoms with Gasteiger partial charge in [-0.2, -0.15) is 0 Å². The lowest BCUT2D eigenvalue weighted by Crippen LogP contribution is -2.40. The summed E-state index contributed by atoms with van der Waals surface area (Å²) in [6.45, 7) is 1.76. The van der Waals surface area contributed by atoms with E-state index in [4.69, 9.17) is 0 Å². The predicted octanol–water partition coefficient (Wildman–Crippen LogP) is 2.44. The Balaban J connectivity index is 1.77. The maximum Gasteiger partial charge on any atom is 0.308 e. The summed E-state index contributed by atoms with van der Waals surface area (Å²) in [5.74, 6) is -1.12. The average molecular weight is 325 g/mol. The topological polar surface area (TPSA) is 92.2 Å². The number of aliphatic carboxylic acids is 1. The van der Waals surface area contributed by atoms with Crippen LogP contribution in [0.2, 0.25) is 0 Å². The van der Waals surface area contributed by atoms with Gasteiger partial charge in [0.1, 0.15) is 0 Å². The fourth-order valence-electron chi connectivity index (χ4n) is 3.09. The predicted molar refractivity (Wildman–Crippen MR) is 88.4 cm³/mol. The second-order valence-corrected chi connectivity index (χ2v) is 6.01. The Morgan fingerprint density at radius 1 is 1.21 bits per heavy atom. The molecule has 1 heterocycles. The lowest BCUT2D eigenvalue weighted by Gasteiger charge is -2.18. The first-order valence-electron chi connectivity index (χ1n) is 7.99. The molecule has 1 aliphatic carbocycles. The highest BCUT2D eigenvalue weighted by Crippen LogP contribution is 2.26. The number of benzene rings is 1. The minimum Gasteiger partial charge on any atom is -0.481 e. The van der Waals surface area contributed by atoms with E-state index in [1.54, 1.807) is 6.92 Å². The number of carboxylic acid groups (broad SMARTS) is 1. The van der Waals surface area contributed by atoms with Gasteiger partial charge in [-0.3, -0.25) is 9.59 Å². The standard InChI is InChI=1S/C18H19N3O3/c1-11-14(10-19-16(20-11)12-6-3-2-4-7-12)17(22)21-15-9-5-8-13(15)18(23)24/h2-4,6-7,10,13,15H,5,8-9H2,1H3,(H,21,22)(H,23,24)/t13-,15+/m0/s1. The number of rotatable bonds is 4. The molecule has 0 spiro atoms. The number of carboxylic acids is 1. The Kier molecular flexibility index (Phi) is 4.55. The quantitative estimate of drug-likeness (QED) is 0.901.